The molecule has 0 bridgehead atoms. The van der Waals surface area contributed by atoms with Crippen LogP contribution in [-0.2, 0) is 9.59 Å². The third-order valence-electron chi connectivity index (χ3n) is 1.73. The SMILES string of the molecule is NC(=O)CN(CC(N)=O)c1ccc(Cl)cn1. The number of primary amides is 2. The molecule has 7 heteroatoms. The van der Waals surface area contributed by atoms with Crippen molar-refractivity contribution < 1.29 is 9.59 Å². The number of carbonyl (C=O) groups excluding carboxylic acids is 2. The van der Waals surface area contributed by atoms with Crippen LogP contribution >= 0.6 is 11.6 Å². The van der Waals surface area contributed by atoms with Gasteiger partial charge in [-0.1, -0.05) is 11.6 Å². The highest BCUT2D eigenvalue weighted by molar-refractivity contribution is 6.30. The van der Waals surface area contributed by atoms with E-state index >= 15 is 0 Å². The Kier molecular flexibility index (Phi) is 4.07. The standard InChI is InChI=1S/C9H11ClN4O2/c10-6-1-2-9(13-3-6)14(4-7(11)15)5-8(12)16/h1-3H,4-5H2,(H2,11,15)(H2,12,16). The van der Waals surface area contributed by atoms with Crippen molar-refractivity contribution in [3.05, 3.63) is 23.4 Å². The maximum atomic E-state index is 10.8. The van der Waals surface area contributed by atoms with Crippen LogP contribution in [0.5, 0.6) is 0 Å². The van der Waals surface area contributed by atoms with Gasteiger partial charge in [-0.15, -0.1) is 0 Å². The summed E-state index contributed by atoms with van der Waals surface area (Å²) in [7, 11) is 0. The first-order valence-corrected chi connectivity index (χ1v) is 4.80. The molecule has 0 atom stereocenters. The lowest BCUT2D eigenvalue weighted by molar-refractivity contribution is -0.117. The average Bonchev–Trinajstić information content (AvgIpc) is 2.16. The van der Waals surface area contributed by atoms with Crippen LogP contribution in [0.25, 0.3) is 0 Å². The molecule has 2 amide bonds. The van der Waals surface area contributed by atoms with E-state index in [0.29, 0.717) is 10.8 Å². The largest absolute Gasteiger partial charge is 0.368 e. The molecule has 86 valence electrons. The number of pyridine rings is 1. The molecule has 0 fully saturated rings. The van der Waals surface area contributed by atoms with Gasteiger partial charge < -0.3 is 16.4 Å². The average molecular weight is 243 g/mol. The van der Waals surface area contributed by atoms with Gasteiger partial charge in [0, 0.05) is 6.20 Å². The fourth-order valence-corrected chi connectivity index (χ4v) is 1.26. The molecular formula is C9H11ClN4O2. The number of halogens is 1. The quantitative estimate of drug-likeness (QED) is 0.727. The van der Waals surface area contributed by atoms with Crippen molar-refractivity contribution in [2.75, 3.05) is 18.0 Å². The normalized spacial score (nSPS) is 9.81. The number of anilines is 1. The monoisotopic (exact) mass is 242 g/mol. The molecule has 0 aliphatic heterocycles. The molecule has 0 radical (unpaired) electrons. The Morgan fingerprint density at radius 2 is 1.81 bits per heavy atom. The number of nitrogens with zero attached hydrogens (tertiary/aromatic N) is 2. The van der Waals surface area contributed by atoms with Gasteiger partial charge >= 0.3 is 0 Å². The zero-order chi connectivity index (χ0) is 12.1. The molecule has 0 aliphatic carbocycles. The van der Waals surface area contributed by atoms with E-state index in [1.165, 1.54) is 11.1 Å². The van der Waals surface area contributed by atoms with Gasteiger partial charge in [-0.3, -0.25) is 9.59 Å². The summed E-state index contributed by atoms with van der Waals surface area (Å²) in [6.07, 6.45) is 1.41. The predicted molar refractivity (Wildman–Crippen MR) is 59.8 cm³/mol. The van der Waals surface area contributed by atoms with Crippen LogP contribution in [0.15, 0.2) is 18.3 Å². The van der Waals surface area contributed by atoms with E-state index in [4.69, 9.17) is 23.1 Å². The van der Waals surface area contributed by atoms with Crippen molar-refractivity contribution in [3.8, 4) is 0 Å². The zero-order valence-electron chi connectivity index (χ0n) is 8.39. The van der Waals surface area contributed by atoms with Crippen molar-refractivity contribution >= 4 is 29.2 Å². The maximum Gasteiger partial charge on any atom is 0.237 e. The smallest absolute Gasteiger partial charge is 0.237 e. The molecular weight excluding hydrogens is 232 g/mol. The van der Waals surface area contributed by atoms with Crippen LogP contribution in [-0.4, -0.2) is 29.9 Å². The minimum Gasteiger partial charge on any atom is -0.368 e. The Morgan fingerprint density at radius 1 is 1.25 bits per heavy atom. The second-order valence-corrected chi connectivity index (χ2v) is 3.56. The van der Waals surface area contributed by atoms with Gasteiger partial charge in [-0.2, -0.15) is 0 Å². The molecule has 0 saturated heterocycles. The van der Waals surface area contributed by atoms with Gasteiger partial charge in [0.2, 0.25) is 11.8 Å². The van der Waals surface area contributed by atoms with Crippen LogP contribution in [0, 0.1) is 0 Å². The number of rotatable bonds is 5. The first-order chi connectivity index (χ1) is 7.49. The van der Waals surface area contributed by atoms with Crippen molar-refractivity contribution in [1.82, 2.24) is 4.98 Å². The van der Waals surface area contributed by atoms with Crippen molar-refractivity contribution in [3.63, 3.8) is 0 Å². The Balaban J connectivity index is 2.86. The molecule has 0 saturated carbocycles. The second-order valence-electron chi connectivity index (χ2n) is 3.12. The van der Waals surface area contributed by atoms with Crippen molar-refractivity contribution in [2.45, 2.75) is 0 Å². The Morgan fingerprint density at radius 3 is 2.19 bits per heavy atom. The molecule has 1 aromatic heterocycles. The van der Waals surface area contributed by atoms with E-state index in [-0.39, 0.29) is 13.1 Å². The topological polar surface area (TPSA) is 102 Å². The van der Waals surface area contributed by atoms with Crippen LogP contribution in [0.1, 0.15) is 0 Å². The second kappa shape index (κ2) is 5.32. The summed E-state index contributed by atoms with van der Waals surface area (Å²) >= 11 is 5.66. The van der Waals surface area contributed by atoms with Gasteiger partial charge in [0.05, 0.1) is 18.1 Å². The molecule has 0 aliphatic rings. The molecule has 1 aromatic rings. The molecule has 0 spiro atoms. The summed E-state index contributed by atoms with van der Waals surface area (Å²) in [5, 5.41) is 0.460. The van der Waals surface area contributed by atoms with Gasteiger partial charge in [0.25, 0.3) is 0 Å². The summed E-state index contributed by atoms with van der Waals surface area (Å²) < 4.78 is 0. The Hall–Kier alpha value is -1.82. The highest BCUT2D eigenvalue weighted by atomic mass is 35.5. The summed E-state index contributed by atoms with van der Waals surface area (Å²) in [5.74, 6) is -0.724. The Labute approximate surface area is 97.2 Å². The summed E-state index contributed by atoms with van der Waals surface area (Å²) in [5.41, 5.74) is 10.1. The fourth-order valence-electron chi connectivity index (χ4n) is 1.15. The molecule has 1 heterocycles. The van der Waals surface area contributed by atoms with Gasteiger partial charge in [0.1, 0.15) is 5.82 Å². The molecule has 0 unspecified atom stereocenters. The summed E-state index contributed by atoms with van der Waals surface area (Å²) in [4.78, 5) is 27.0. The first kappa shape index (κ1) is 12.3. The van der Waals surface area contributed by atoms with Crippen LogP contribution in [0.4, 0.5) is 5.82 Å². The zero-order valence-corrected chi connectivity index (χ0v) is 9.15. The highest BCUT2D eigenvalue weighted by Gasteiger charge is 2.12. The lowest BCUT2D eigenvalue weighted by Crippen LogP contribution is -2.40. The minimum atomic E-state index is -0.571. The number of aromatic nitrogens is 1. The van der Waals surface area contributed by atoms with Crippen molar-refractivity contribution in [1.29, 1.82) is 0 Å². The number of hydrogen-bond donors (Lipinski definition) is 2. The lowest BCUT2D eigenvalue weighted by Gasteiger charge is -2.20. The number of carbonyl (C=O) groups is 2. The fraction of sp³-hybridized carbons (Fsp3) is 0.222. The van der Waals surface area contributed by atoms with E-state index in [1.807, 2.05) is 0 Å². The van der Waals surface area contributed by atoms with Gasteiger partial charge in [-0.05, 0) is 12.1 Å². The Bertz CT molecular complexity index is 377. The van der Waals surface area contributed by atoms with Crippen molar-refractivity contribution in [2.24, 2.45) is 11.5 Å². The van der Waals surface area contributed by atoms with Crippen LogP contribution < -0.4 is 16.4 Å². The molecule has 6 nitrogen and oxygen atoms in total. The number of nitrogens with two attached hydrogens (primary N) is 2. The molecule has 4 N–H and O–H groups in total. The molecule has 1 rings (SSSR count). The van der Waals surface area contributed by atoms with E-state index in [1.54, 1.807) is 12.1 Å². The third kappa shape index (κ3) is 3.74. The van der Waals surface area contributed by atoms with E-state index in [9.17, 15) is 9.59 Å². The van der Waals surface area contributed by atoms with Crippen LogP contribution in [0.2, 0.25) is 5.02 Å². The minimum absolute atomic E-state index is 0.127. The lowest BCUT2D eigenvalue weighted by atomic mass is 10.4. The number of hydrogen-bond acceptors (Lipinski definition) is 4. The maximum absolute atomic E-state index is 10.8. The highest BCUT2D eigenvalue weighted by Crippen LogP contribution is 2.13. The van der Waals surface area contributed by atoms with E-state index in [0.717, 1.165) is 0 Å². The molecule has 16 heavy (non-hydrogen) atoms. The predicted octanol–water partition coefficient (Wildman–Crippen LogP) is -0.488. The summed E-state index contributed by atoms with van der Waals surface area (Å²) in [6, 6.07) is 3.17. The van der Waals surface area contributed by atoms with Gasteiger partial charge in [0.15, 0.2) is 0 Å². The van der Waals surface area contributed by atoms with E-state index < -0.39 is 11.8 Å². The number of amides is 2. The van der Waals surface area contributed by atoms with Gasteiger partial charge in [-0.25, -0.2) is 4.98 Å². The first-order valence-electron chi connectivity index (χ1n) is 4.42. The summed E-state index contributed by atoms with van der Waals surface area (Å²) in [6.45, 7) is -0.255. The van der Waals surface area contributed by atoms with E-state index in [2.05, 4.69) is 4.98 Å². The van der Waals surface area contributed by atoms with Crippen LogP contribution in [0.3, 0.4) is 0 Å². The molecule has 0 aromatic carbocycles. The third-order valence-corrected chi connectivity index (χ3v) is 1.95.